The van der Waals surface area contributed by atoms with Crippen molar-refractivity contribution < 1.29 is 50.1 Å². The van der Waals surface area contributed by atoms with Crippen LogP contribution >= 0.6 is 22.8 Å². The van der Waals surface area contributed by atoms with Crippen molar-refractivity contribution in [1.82, 2.24) is 0 Å². The van der Waals surface area contributed by atoms with Crippen molar-refractivity contribution in [2.75, 3.05) is 40.0 Å². The first-order chi connectivity index (χ1) is 6.00. The fourth-order valence-corrected chi connectivity index (χ4v) is 0. The number of hydrogen-bond acceptors (Lipinski definition) is 6. The SMILES string of the molecule is CP(C)(=O)[O-].C[P+](C)(O)O.C[P+](C)(O)O.[Pt]. The molecule has 0 aliphatic rings. The van der Waals surface area contributed by atoms with Gasteiger partial charge >= 0.3 is 0 Å². The van der Waals surface area contributed by atoms with E-state index in [9.17, 15) is 9.46 Å². The minimum absolute atomic E-state index is 0. The molecule has 0 heterocycles. The molecule has 0 aromatic heterocycles. The molecule has 0 aromatic rings. The van der Waals surface area contributed by atoms with E-state index >= 15 is 0 Å². The molecule has 0 bridgehead atoms. The molecular weight excluding hydrogens is 456 g/mol. The Labute approximate surface area is 113 Å². The van der Waals surface area contributed by atoms with E-state index in [1.54, 1.807) is 0 Å². The Balaban J connectivity index is -0.0000000655. The van der Waals surface area contributed by atoms with Gasteiger partial charge in [-0.25, -0.2) is 19.6 Å². The van der Waals surface area contributed by atoms with E-state index in [4.69, 9.17) is 19.6 Å². The second-order valence-electron chi connectivity index (χ2n) is 3.93. The van der Waals surface area contributed by atoms with Gasteiger partial charge in [-0.15, -0.1) is 0 Å². The predicted octanol–water partition coefficient (Wildman–Crippen LogP) is 0.0383. The Kier molecular flexibility index (Phi) is 17.2. The monoisotopic (exact) mass is 478 g/mol. The normalized spacial score (nSPS) is 11.2. The van der Waals surface area contributed by atoms with Gasteiger partial charge in [0, 0.05) is 28.4 Å². The predicted molar refractivity (Wildman–Crippen MR) is 65.9 cm³/mol. The molecule has 0 aromatic carbocycles. The molecule has 0 radical (unpaired) electrons. The molecule has 16 heavy (non-hydrogen) atoms. The van der Waals surface area contributed by atoms with Crippen molar-refractivity contribution in [3.63, 3.8) is 0 Å². The first-order valence-electron chi connectivity index (χ1n) is 3.85. The first-order valence-corrected chi connectivity index (χ1v) is 11.5. The van der Waals surface area contributed by atoms with Crippen molar-refractivity contribution >= 4 is 22.8 Å². The molecule has 0 aliphatic carbocycles. The third-order valence-electron chi connectivity index (χ3n) is 0. The Morgan fingerprint density at radius 1 is 0.875 bits per heavy atom. The molecular formula is C6H22O6P3Pt+. The van der Waals surface area contributed by atoms with E-state index in [0.717, 1.165) is 0 Å². The molecule has 0 spiro atoms. The zero-order chi connectivity index (χ0) is 13.5. The van der Waals surface area contributed by atoms with E-state index in [1.807, 2.05) is 0 Å². The van der Waals surface area contributed by atoms with Crippen molar-refractivity contribution in [3.8, 4) is 0 Å². The zero-order valence-corrected chi connectivity index (χ0v) is 15.2. The van der Waals surface area contributed by atoms with Gasteiger partial charge in [0.15, 0.2) is 0 Å². The van der Waals surface area contributed by atoms with Gasteiger partial charge in [-0.3, -0.25) is 0 Å². The molecule has 0 atom stereocenters. The quantitative estimate of drug-likeness (QED) is 0.365. The summed E-state index contributed by atoms with van der Waals surface area (Å²) >= 11 is 0. The maximum Gasteiger partial charge on any atom is 0.262 e. The van der Waals surface area contributed by atoms with Crippen LogP contribution in [0.25, 0.3) is 0 Å². The van der Waals surface area contributed by atoms with Gasteiger partial charge in [0.05, 0.1) is 0 Å². The Bertz CT molecular complexity index is 161. The van der Waals surface area contributed by atoms with Gasteiger partial charge in [0.25, 0.3) is 15.4 Å². The van der Waals surface area contributed by atoms with Gasteiger partial charge in [0.1, 0.15) is 26.7 Å². The van der Waals surface area contributed by atoms with Crippen LogP contribution in [-0.4, -0.2) is 59.6 Å². The maximum atomic E-state index is 9.66. The van der Waals surface area contributed by atoms with Crippen LogP contribution in [0.3, 0.4) is 0 Å². The second kappa shape index (κ2) is 10.5. The summed E-state index contributed by atoms with van der Waals surface area (Å²) in [5, 5.41) is 0. The third-order valence-corrected chi connectivity index (χ3v) is 0. The van der Waals surface area contributed by atoms with E-state index in [2.05, 4.69) is 0 Å². The summed E-state index contributed by atoms with van der Waals surface area (Å²) in [4.78, 5) is 42.4. The van der Waals surface area contributed by atoms with Gasteiger partial charge in [-0.2, -0.15) is 0 Å². The van der Waals surface area contributed by atoms with Gasteiger partial charge in [-0.1, -0.05) is 0 Å². The molecule has 0 fully saturated rings. The molecule has 6 nitrogen and oxygen atoms in total. The van der Waals surface area contributed by atoms with Crippen molar-refractivity contribution in [3.05, 3.63) is 0 Å². The van der Waals surface area contributed by atoms with Crippen molar-refractivity contribution in [2.24, 2.45) is 0 Å². The summed E-state index contributed by atoms with van der Waals surface area (Å²) in [6.07, 6.45) is 0. The van der Waals surface area contributed by atoms with Crippen LogP contribution in [0.2, 0.25) is 0 Å². The van der Waals surface area contributed by atoms with Crippen LogP contribution in [-0.2, 0) is 25.6 Å². The van der Waals surface area contributed by atoms with Crippen molar-refractivity contribution in [1.29, 1.82) is 0 Å². The average Bonchev–Trinajstić information content (AvgIpc) is 1.41. The molecule has 106 valence electrons. The van der Waals surface area contributed by atoms with E-state index in [0.29, 0.717) is 0 Å². The van der Waals surface area contributed by atoms with Crippen LogP contribution in [0.5, 0.6) is 0 Å². The fourth-order valence-electron chi connectivity index (χ4n) is 0. The molecule has 0 unspecified atom stereocenters. The summed E-state index contributed by atoms with van der Waals surface area (Å²) < 4.78 is 9.66. The number of hydrogen-bond donors (Lipinski definition) is 4. The molecule has 0 saturated carbocycles. The van der Waals surface area contributed by atoms with Crippen LogP contribution in [0.15, 0.2) is 0 Å². The minimum atomic E-state index is -2.89. The topological polar surface area (TPSA) is 121 Å². The number of rotatable bonds is 0. The smallest absolute Gasteiger partial charge is 0.262 e. The molecule has 0 amide bonds. The molecule has 4 N–H and O–H groups in total. The Hall–Kier alpha value is 1.58. The van der Waals surface area contributed by atoms with Crippen LogP contribution in [0.4, 0.5) is 0 Å². The van der Waals surface area contributed by atoms with Gasteiger partial charge in [-0.05, 0) is 13.3 Å². The summed E-state index contributed by atoms with van der Waals surface area (Å²) in [6, 6.07) is 0. The van der Waals surface area contributed by atoms with Crippen LogP contribution in [0.1, 0.15) is 0 Å². The van der Waals surface area contributed by atoms with Gasteiger partial charge in [0.2, 0.25) is 0 Å². The first kappa shape index (κ1) is 26.2. The fraction of sp³-hybridized carbons (Fsp3) is 1.00. The molecule has 0 rings (SSSR count). The standard InChI is InChI=1S/2C2H8O2P.C2H7O2P.Pt/c3*1-5(2,3)4;/h2*3-4H,1-2H3;1-2H3,(H,3,4);/q2*+1;;/p-1. The van der Waals surface area contributed by atoms with Crippen molar-refractivity contribution in [2.45, 2.75) is 0 Å². The summed E-state index contributed by atoms with van der Waals surface area (Å²) in [5.74, 6) is 0. The zero-order valence-electron chi connectivity index (χ0n) is 10.3. The van der Waals surface area contributed by atoms with E-state index in [-0.39, 0.29) is 21.1 Å². The molecule has 0 aliphatic heterocycles. The maximum absolute atomic E-state index is 9.66. The molecule has 0 saturated heterocycles. The van der Waals surface area contributed by atoms with Crippen LogP contribution < -0.4 is 4.89 Å². The van der Waals surface area contributed by atoms with E-state index in [1.165, 1.54) is 40.0 Å². The minimum Gasteiger partial charge on any atom is -0.800 e. The molecule has 10 heteroatoms. The Morgan fingerprint density at radius 2 is 0.875 bits per heavy atom. The largest absolute Gasteiger partial charge is 0.800 e. The van der Waals surface area contributed by atoms with Gasteiger partial charge < -0.3 is 9.46 Å². The van der Waals surface area contributed by atoms with E-state index < -0.39 is 22.8 Å². The Morgan fingerprint density at radius 3 is 0.875 bits per heavy atom. The summed E-state index contributed by atoms with van der Waals surface area (Å²) in [5.41, 5.74) is 0. The van der Waals surface area contributed by atoms with Crippen LogP contribution in [0, 0.1) is 0 Å². The summed E-state index contributed by atoms with van der Waals surface area (Å²) in [7, 11) is -7.67. The average molecular weight is 478 g/mol. The third kappa shape index (κ3) is 1330. The summed E-state index contributed by atoms with van der Waals surface area (Å²) in [6.45, 7) is 8.01. The second-order valence-corrected chi connectivity index (χ2v) is 11.8.